The fourth-order valence-electron chi connectivity index (χ4n) is 2.89. The second-order valence-corrected chi connectivity index (χ2v) is 6.39. The number of amides is 1. The summed E-state index contributed by atoms with van der Waals surface area (Å²) in [6.07, 6.45) is 2.14. The number of nitrogens with zero attached hydrogens (tertiary/aromatic N) is 2. The van der Waals surface area contributed by atoms with Gasteiger partial charge in [-0.05, 0) is 45.2 Å². The first-order chi connectivity index (χ1) is 10.3. The number of carbonyl (C=O) groups is 1. The predicted octanol–water partition coefficient (Wildman–Crippen LogP) is 1.94. The summed E-state index contributed by atoms with van der Waals surface area (Å²) < 4.78 is 26.3. The Hall–Kier alpha value is -1.50. The number of aryl methyl sites for hydroxylation is 1. The van der Waals surface area contributed by atoms with Gasteiger partial charge in [-0.25, -0.2) is 4.68 Å². The van der Waals surface area contributed by atoms with E-state index in [-0.39, 0.29) is 17.7 Å². The van der Waals surface area contributed by atoms with E-state index in [0.29, 0.717) is 28.2 Å². The zero-order valence-electron chi connectivity index (χ0n) is 13.4. The van der Waals surface area contributed by atoms with Crippen LogP contribution in [0.3, 0.4) is 0 Å². The van der Waals surface area contributed by atoms with Gasteiger partial charge in [0.2, 0.25) is 5.91 Å². The van der Waals surface area contributed by atoms with Crippen molar-refractivity contribution in [2.24, 2.45) is 5.41 Å². The van der Waals surface area contributed by atoms with E-state index in [9.17, 15) is 13.6 Å². The van der Waals surface area contributed by atoms with E-state index in [1.165, 1.54) is 0 Å². The summed E-state index contributed by atoms with van der Waals surface area (Å²) in [7, 11) is 0. The summed E-state index contributed by atoms with van der Waals surface area (Å²) in [5, 5.41) is 10.0. The molecule has 7 heteroatoms. The smallest absolute Gasteiger partial charge is 0.333 e. The monoisotopic (exact) mass is 314 g/mol. The fraction of sp³-hybridized carbons (Fsp3) is 0.733. The predicted molar refractivity (Wildman–Crippen MR) is 79.9 cm³/mol. The number of hydrogen-bond donors (Lipinski definition) is 2. The molecule has 0 aromatic carbocycles. The topological polar surface area (TPSA) is 59.0 Å². The number of rotatable bonds is 5. The van der Waals surface area contributed by atoms with Gasteiger partial charge in [-0.2, -0.15) is 13.9 Å². The summed E-state index contributed by atoms with van der Waals surface area (Å²) >= 11 is 0. The molecule has 22 heavy (non-hydrogen) atoms. The first-order valence-corrected chi connectivity index (χ1v) is 7.62. The lowest BCUT2D eigenvalue weighted by molar-refractivity contribution is -0.121. The van der Waals surface area contributed by atoms with Crippen LogP contribution in [0.25, 0.3) is 0 Å². The van der Waals surface area contributed by atoms with Crippen molar-refractivity contribution in [1.29, 1.82) is 0 Å². The molecule has 0 atom stereocenters. The van der Waals surface area contributed by atoms with E-state index in [4.69, 9.17) is 0 Å². The van der Waals surface area contributed by atoms with Crippen LogP contribution in [-0.2, 0) is 11.2 Å². The standard InChI is InChI=1S/C15H24F2N4O/c1-10-12(11(2)21(20-10)14(16)17)8-13(22)19-9-15(3)4-6-18-7-5-15/h14,18H,4-9H2,1-3H3,(H,19,22). The van der Waals surface area contributed by atoms with Crippen molar-refractivity contribution in [3.63, 3.8) is 0 Å². The van der Waals surface area contributed by atoms with E-state index < -0.39 is 6.55 Å². The summed E-state index contributed by atoms with van der Waals surface area (Å²) in [5.41, 5.74) is 1.54. The molecule has 0 unspecified atom stereocenters. The van der Waals surface area contributed by atoms with Crippen LogP contribution in [0.5, 0.6) is 0 Å². The van der Waals surface area contributed by atoms with Crippen LogP contribution in [0, 0.1) is 19.3 Å². The highest BCUT2D eigenvalue weighted by Crippen LogP contribution is 2.26. The number of carbonyl (C=O) groups excluding carboxylic acids is 1. The van der Waals surface area contributed by atoms with Crippen molar-refractivity contribution >= 4 is 5.91 Å². The molecule has 1 aromatic rings. The minimum absolute atomic E-state index is 0.0959. The Morgan fingerprint density at radius 3 is 2.59 bits per heavy atom. The van der Waals surface area contributed by atoms with Crippen molar-refractivity contribution in [2.75, 3.05) is 19.6 Å². The number of nitrogens with one attached hydrogen (secondary N) is 2. The molecule has 1 aliphatic rings. The minimum Gasteiger partial charge on any atom is -0.355 e. The molecule has 0 aliphatic carbocycles. The average molecular weight is 314 g/mol. The van der Waals surface area contributed by atoms with Gasteiger partial charge in [0.05, 0.1) is 12.1 Å². The summed E-state index contributed by atoms with van der Waals surface area (Å²) in [6.45, 7) is 5.26. The molecule has 1 aliphatic heterocycles. The summed E-state index contributed by atoms with van der Waals surface area (Å²) in [5.74, 6) is -0.139. The molecule has 0 bridgehead atoms. The Morgan fingerprint density at radius 1 is 1.41 bits per heavy atom. The third-order valence-corrected chi connectivity index (χ3v) is 4.52. The highest BCUT2D eigenvalue weighted by molar-refractivity contribution is 5.79. The zero-order valence-corrected chi connectivity index (χ0v) is 13.4. The van der Waals surface area contributed by atoms with Crippen molar-refractivity contribution in [1.82, 2.24) is 20.4 Å². The molecular weight excluding hydrogens is 290 g/mol. The van der Waals surface area contributed by atoms with Crippen LogP contribution in [0.15, 0.2) is 0 Å². The van der Waals surface area contributed by atoms with Crippen LogP contribution >= 0.6 is 0 Å². The first kappa shape index (κ1) is 16.9. The number of hydrogen-bond acceptors (Lipinski definition) is 3. The molecule has 2 rings (SSSR count). The number of aromatic nitrogens is 2. The van der Waals surface area contributed by atoms with E-state index >= 15 is 0 Å². The molecule has 0 radical (unpaired) electrons. The zero-order chi connectivity index (χ0) is 16.3. The van der Waals surface area contributed by atoms with Gasteiger partial charge in [0.25, 0.3) is 0 Å². The van der Waals surface area contributed by atoms with Crippen LogP contribution in [0.2, 0.25) is 0 Å². The van der Waals surface area contributed by atoms with E-state index in [0.717, 1.165) is 25.9 Å². The SMILES string of the molecule is Cc1nn(C(F)F)c(C)c1CC(=O)NCC1(C)CCNCC1. The lowest BCUT2D eigenvalue weighted by Crippen LogP contribution is -2.43. The van der Waals surface area contributed by atoms with Crippen molar-refractivity contribution < 1.29 is 13.6 Å². The Bertz CT molecular complexity index is 536. The molecule has 1 amide bonds. The van der Waals surface area contributed by atoms with E-state index in [1.54, 1.807) is 13.8 Å². The molecule has 1 fully saturated rings. The van der Waals surface area contributed by atoms with Gasteiger partial charge in [0.15, 0.2) is 0 Å². The largest absolute Gasteiger partial charge is 0.355 e. The maximum Gasteiger partial charge on any atom is 0.333 e. The molecule has 5 nitrogen and oxygen atoms in total. The van der Waals surface area contributed by atoms with E-state index in [1.807, 2.05) is 0 Å². The molecular formula is C15H24F2N4O. The van der Waals surface area contributed by atoms with Gasteiger partial charge in [0.1, 0.15) is 0 Å². The van der Waals surface area contributed by atoms with Crippen LogP contribution in [-0.4, -0.2) is 35.3 Å². The summed E-state index contributed by atoms with van der Waals surface area (Å²) in [6, 6.07) is 0. The molecule has 124 valence electrons. The van der Waals surface area contributed by atoms with Gasteiger partial charge in [-0.15, -0.1) is 0 Å². The second kappa shape index (κ2) is 6.73. The molecule has 0 spiro atoms. The molecule has 2 N–H and O–H groups in total. The maximum absolute atomic E-state index is 12.8. The number of piperidine rings is 1. The number of alkyl halides is 2. The highest BCUT2D eigenvalue weighted by atomic mass is 19.3. The van der Waals surface area contributed by atoms with Crippen LogP contribution < -0.4 is 10.6 Å². The first-order valence-electron chi connectivity index (χ1n) is 7.62. The van der Waals surface area contributed by atoms with Crippen LogP contribution in [0.4, 0.5) is 8.78 Å². The van der Waals surface area contributed by atoms with Gasteiger partial charge in [0, 0.05) is 17.8 Å². The maximum atomic E-state index is 12.8. The molecule has 1 aromatic heterocycles. The van der Waals surface area contributed by atoms with Crippen LogP contribution in [0.1, 0.15) is 43.3 Å². The Morgan fingerprint density at radius 2 is 2.05 bits per heavy atom. The lowest BCUT2D eigenvalue weighted by Gasteiger charge is -2.34. The number of halogens is 2. The Labute approximate surface area is 129 Å². The summed E-state index contributed by atoms with van der Waals surface area (Å²) in [4.78, 5) is 12.1. The van der Waals surface area contributed by atoms with Gasteiger partial charge in [-0.1, -0.05) is 6.92 Å². The lowest BCUT2D eigenvalue weighted by atomic mass is 9.81. The quantitative estimate of drug-likeness (QED) is 0.873. The Kier molecular flexibility index (Phi) is 5.16. The van der Waals surface area contributed by atoms with Gasteiger partial charge in [-0.3, -0.25) is 4.79 Å². The fourth-order valence-corrected chi connectivity index (χ4v) is 2.89. The molecule has 1 saturated heterocycles. The molecule has 2 heterocycles. The third kappa shape index (κ3) is 3.82. The Balaban J connectivity index is 1.95. The van der Waals surface area contributed by atoms with Crippen molar-refractivity contribution in [2.45, 2.75) is 46.6 Å². The van der Waals surface area contributed by atoms with Crippen molar-refractivity contribution in [3.05, 3.63) is 17.0 Å². The highest BCUT2D eigenvalue weighted by Gasteiger charge is 2.27. The second-order valence-electron chi connectivity index (χ2n) is 6.39. The minimum atomic E-state index is -2.68. The average Bonchev–Trinajstić information content (AvgIpc) is 2.74. The van der Waals surface area contributed by atoms with E-state index in [2.05, 4.69) is 22.7 Å². The van der Waals surface area contributed by atoms with Gasteiger partial charge >= 0.3 is 6.55 Å². The van der Waals surface area contributed by atoms with Crippen molar-refractivity contribution in [3.8, 4) is 0 Å². The van der Waals surface area contributed by atoms with Gasteiger partial charge < -0.3 is 10.6 Å². The molecule has 0 saturated carbocycles. The normalized spacial score (nSPS) is 17.7. The third-order valence-electron chi connectivity index (χ3n) is 4.52.